The Balaban J connectivity index is 1.62. The number of unbranched alkanes of at least 4 members (excludes halogenated alkanes) is 2. The Bertz CT molecular complexity index is 2210. The SMILES string of the molecule is C=CCOC12Oc3ccc(Oc4ccc(OC)c(C=O)c4)cc3C3C(CCCCO)C(CCCCO)C=C(C(=NOC(C)(C)C)CC1N(CCOCCO)C(=O)c1ccc(C#N)cc1)C32. The van der Waals surface area contributed by atoms with Gasteiger partial charge in [-0.1, -0.05) is 30.1 Å². The molecule has 6 rings (SSSR count). The maximum Gasteiger partial charge on any atom is 0.254 e. The zero-order valence-electron chi connectivity index (χ0n) is 37.9. The van der Waals surface area contributed by atoms with Crippen LogP contribution in [-0.2, 0) is 14.3 Å². The molecule has 3 aliphatic rings. The minimum absolute atomic E-state index is 0.000474. The first-order valence-electron chi connectivity index (χ1n) is 22.5. The second-order valence-electron chi connectivity index (χ2n) is 17.6. The molecule has 3 aromatic rings. The number of fused-ring (bicyclic) bond motifs is 2. The molecule has 1 aliphatic heterocycles. The van der Waals surface area contributed by atoms with E-state index < -0.39 is 23.3 Å². The molecular weight excluding hydrogens is 831 g/mol. The van der Waals surface area contributed by atoms with Crippen LogP contribution in [0.5, 0.6) is 23.0 Å². The summed E-state index contributed by atoms with van der Waals surface area (Å²) in [4.78, 5) is 35.0. The van der Waals surface area contributed by atoms with E-state index in [1.165, 1.54) is 7.11 Å². The predicted molar refractivity (Wildman–Crippen MR) is 244 cm³/mol. The van der Waals surface area contributed by atoms with Crippen LogP contribution in [0.1, 0.15) is 103 Å². The van der Waals surface area contributed by atoms with E-state index in [1.807, 2.05) is 32.9 Å². The number of aliphatic hydroxyl groups is 3. The van der Waals surface area contributed by atoms with E-state index in [9.17, 15) is 25.4 Å². The fraction of sp³-hybridized carbons (Fsp3) is 0.490. The normalized spacial score (nSPS) is 22.6. The van der Waals surface area contributed by atoms with Gasteiger partial charge in [0.2, 0.25) is 5.79 Å². The molecule has 0 aromatic heterocycles. The number of methoxy groups -OCH3 is 1. The van der Waals surface area contributed by atoms with Crippen LogP contribution in [0.4, 0.5) is 0 Å². The van der Waals surface area contributed by atoms with Crippen molar-refractivity contribution in [3.63, 3.8) is 0 Å². The first kappa shape index (κ1) is 48.9. The van der Waals surface area contributed by atoms with E-state index >= 15 is 4.79 Å². The lowest BCUT2D eigenvalue weighted by atomic mass is 9.55. The number of oxime groups is 1. The van der Waals surface area contributed by atoms with Gasteiger partial charge in [-0.25, -0.2) is 0 Å². The van der Waals surface area contributed by atoms with Gasteiger partial charge in [0.15, 0.2) is 6.29 Å². The second kappa shape index (κ2) is 22.6. The summed E-state index contributed by atoms with van der Waals surface area (Å²) in [7, 11) is 1.50. The number of amides is 1. The number of carbonyl (C=O) groups is 2. The highest BCUT2D eigenvalue weighted by Crippen LogP contribution is 2.62. The fourth-order valence-electron chi connectivity index (χ4n) is 9.49. The van der Waals surface area contributed by atoms with Crippen molar-refractivity contribution in [2.45, 2.75) is 89.1 Å². The highest BCUT2D eigenvalue weighted by atomic mass is 16.7. The third-order valence-corrected chi connectivity index (χ3v) is 12.2. The molecule has 3 N–H and O–H groups in total. The van der Waals surface area contributed by atoms with Crippen molar-refractivity contribution in [3.8, 4) is 29.1 Å². The summed E-state index contributed by atoms with van der Waals surface area (Å²) in [5.74, 6) is -0.944. The van der Waals surface area contributed by atoms with Crippen LogP contribution < -0.4 is 14.2 Å². The Kier molecular flexibility index (Phi) is 17.0. The quantitative estimate of drug-likeness (QED) is 0.0364. The summed E-state index contributed by atoms with van der Waals surface area (Å²) in [6.45, 7) is 10.0. The molecule has 1 heterocycles. The number of nitrogens with zero attached hydrogens (tertiary/aromatic N) is 3. The first-order valence-corrected chi connectivity index (χ1v) is 22.5. The Labute approximate surface area is 382 Å². The standard InChI is InChI=1S/C51H63N3O11/c1-6-25-62-51-46(54(21-26-61-27-24-57)49(59)35-15-13-34(32-52)14-16-35)31-43(53-65-50(2,3)4)41-29-36(11-7-9-22-55)40(12-8-10-23-56)47(48(41)51)42-30-39(18-20-45(42)64-51)63-38-17-19-44(60-5)37(28-38)33-58/h6,13-20,28-30,33,36,40,46-48,55-57H,1,7-12,21-27,31H2,2-5H3. The van der Waals surface area contributed by atoms with Crippen molar-refractivity contribution in [3.05, 3.63) is 107 Å². The lowest BCUT2D eigenvalue weighted by molar-refractivity contribution is -0.254. The molecule has 0 spiro atoms. The number of carbonyl (C=O) groups excluding carboxylic acids is 2. The molecule has 1 fully saturated rings. The second-order valence-corrected chi connectivity index (χ2v) is 17.6. The van der Waals surface area contributed by atoms with Crippen molar-refractivity contribution in [1.29, 1.82) is 5.26 Å². The van der Waals surface area contributed by atoms with Crippen LogP contribution in [0.3, 0.4) is 0 Å². The highest BCUT2D eigenvalue weighted by Gasteiger charge is 2.65. The number of benzene rings is 3. The molecule has 0 saturated heterocycles. The summed E-state index contributed by atoms with van der Waals surface area (Å²) in [5.41, 5.74) is 2.78. The van der Waals surface area contributed by atoms with Gasteiger partial charge >= 0.3 is 0 Å². The molecule has 0 bridgehead atoms. The van der Waals surface area contributed by atoms with Crippen molar-refractivity contribution < 1.29 is 53.4 Å². The fourth-order valence-corrected chi connectivity index (χ4v) is 9.49. The average Bonchev–Trinajstić information content (AvgIpc) is 3.31. The van der Waals surface area contributed by atoms with Gasteiger partial charge in [0.05, 0.1) is 62.4 Å². The number of ether oxygens (including phenoxy) is 5. The van der Waals surface area contributed by atoms with Crippen molar-refractivity contribution in [1.82, 2.24) is 4.90 Å². The molecule has 0 radical (unpaired) electrons. The van der Waals surface area contributed by atoms with Gasteiger partial charge < -0.3 is 48.7 Å². The van der Waals surface area contributed by atoms with Crippen LogP contribution in [-0.4, -0.2) is 109 Å². The van der Waals surface area contributed by atoms with Gasteiger partial charge in [-0.05, 0) is 125 Å². The third kappa shape index (κ3) is 11.3. The smallest absolute Gasteiger partial charge is 0.254 e. The van der Waals surface area contributed by atoms with Crippen molar-refractivity contribution in [2.75, 3.05) is 53.3 Å². The summed E-state index contributed by atoms with van der Waals surface area (Å²) in [6.07, 6.45) is 9.06. The monoisotopic (exact) mass is 893 g/mol. The van der Waals surface area contributed by atoms with Crippen LogP contribution in [0.15, 0.2) is 90.1 Å². The van der Waals surface area contributed by atoms with Gasteiger partial charge in [-0.2, -0.15) is 5.26 Å². The van der Waals surface area contributed by atoms with Crippen molar-refractivity contribution in [2.24, 2.45) is 22.9 Å². The van der Waals surface area contributed by atoms with Crippen LogP contribution in [0.25, 0.3) is 0 Å². The molecule has 1 amide bonds. The van der Waals surface area contributed by atoms with E-state index in [0.717, 1.165) is 43.1 Å². The molecule has 6 unspecified atom stereocenters. The van der Waals surface area contributed by atoms with E-state index in [-0.39, 0.29) is 76.3 Å². The number of rotatable bonds is 23. The molecule has 65 heavy (non-hydrogen) atoms. The summed E-state index contributed by atoms with van der Waals surface area (Å²) >= 11 is 0. The first-order chi connectivity index (χ1) is 31.4. The number of allylic oxidation sites excluding steroid dienone is 1. The van der Waals surface area contributed by atoms with Gasteiger partial charge in [0, 0.05) is 43.2 Å². The Morgan fingerprint density at radius 2 is 1.71 bits per heavy atom. The third-order valence-electron chi connectivity index (χ3n) is 12.2. The number of aliphatic hydroxyl groups excluding tert-OH is 3. The van der Waals surface area contributed by atoms with E-state index in [0.29, 0.717) is 58.2 Å². The maximum atomic E-state index is 15.1. The van der Waals surface area contributed by atoms with Gasteiger partial charge in [0.1, 0.15) is 34.6 Å². The van der Waals surface area contributed by atoms with Gasteiger partial charge in [-0.15, -0.1) is 6.58 Å². The van der Waals surface area contributed by atoms with Crippen molar-refractivity contribution >= 4 is 17.9 Å². The zero-order chi connectivity index (χ0) is 46.6. The number of hydrogen-bond donors (Lipinski definition) is 3. The van der Waals surface area contributed by atoms with Crippen LogP contribution in [0.2, 0.25) is 0 Å². The van der Waals surface area contributed by atoms with E-state index in [2.05, 4.69) is 18.7 Å². The van der Waals surface area contributed by atoms with Gasteiger partial charge in [0.25, 0.3) is 5.91 Å². The molecule has 3 aromatic carbocycles. The molecular formula is C51H63N3O11. The summed E-state index contributed by atoms with van der Waals surface area (Å²) < 4.78 is 32.1. The lowest BCUT2D eigenvalue weighted by Crippen LogP contribution is -2.70. The molecule has 1 saturated carbocycles. The Morgan fingerprint density at radius 3 is 2.37 bits per heavy atom. The highest BCUT2D eigenvalue weighted by molar-refractivity contribution is 6.03. The predicted octanol–water partition coefficient (Wildman–Crippen LogP) is 7.76. The van der Waals surface area contributed by atoms with Crippen LogP contribution >= 0.6 is 0 Å². The largest absolute Gasteiger partial charge is 0.496 e. The number of aldehydes is 1. The molecule has 14 heteroatoms. The average molecular weight is 894 g/mol. The molecule has 2 aliphatic carbocycles. The van der Waals surface area contributed by atoms with E-state index in [4.69, 9.17) is 33.7 Å². The Morgan fingerprint density at radius 1 is 0.985 bits per heavy atom. The minimum atomic E-state index is -1.54. The zero-order valence-corrected chi connectivity index (χ0v) is 37.9. The summed E-state index contributed by atoms with van der Waals surface area (Å²) in [6, 6.07) is 18.4. The summed E-state index contributed by atoms with van der Waals surface area (Å²) in [5, 5.41) is 44.1. The van der Waals surface area contributed by atoms with Gasteiger partial charge in [-0.3, -0.25) is 9.59 Å². The lowest BCUT2D eigenvalue weighted by Gasteiger charge is -2.60. The molecule has 348 valence electrons. The Hall–Kier alpha value is -5.56. The maximum absolute atomic E-state index is 15.1. The number of hydrogen-bond acceptors (Lipinski definition) is 13. The topological polar surface area (TPSA) is 190 Å². The molecule has 14 nitrogen and oxygen atoms in total. The number of nitriles is 1. The van der Waals surface area contributed by atoms with E-state index in [1.54, 1.807) is 59.5 Å². The minimum Gasteiger partial charge on any atom is -0.496 e. The molecule has 6 atom stereocenters. The van der Waals surface area contributed by atoms with Crippen LogP contribution in [0, 0.1) is 29.1 Å².